The highest BCUT2D eigenvalue weighted by atomic mass is 32.1. The number of rotatable bonds is 3. The van der Waals surface area contributed by atoms with Crippen LogP contribution in [-0.2, 0) is 0 Å². The van der Waals surface area contributed by atoms with Crippen LogP contribution in [0.1, 0.15) is 32.7 Å². The number of thiazole rings is 1. The molecule has 0 aliphatic rings. The maximum absolute atomic E-state index is 12.0. The molecule has 1 atom stereocenters. The number of nitrogens with zero attached hydrogens (tertiary/aromatic N) is 2. The van der Waals surface area contributed by atoms with E-state index in [-0.39, 0.29) is 5.91 Å². The molecule has 2 rings (SSSR count). The summed E-state index contributed by atoms with van der Waals surface area (Å²) < 4.78 is 0. The third kappa shape index (κ3) is 2.98. The zero-order valence-electron chi connectivity index (χ0n) is 10.7. The van der Waals surface area contributed by atoms with Gasteiger partial charge in [0, 0.05) is 5.38 Å². The molecule has 1 aromatic carbocycles. The lowest BCUT2D eigenvalue weighted by molar-refractivity contribution is 0.0940. The largest absolute Gasteiger partial charge is 0.331 e. The third-order valence-electron chi connectivity index (χ3n) is 2.76. The standard InChI is InChI=1S/C14H13N3OS/c1-9-5-3-4-6-11(9)12(7-15)17-14(18)13-8-19-10(2)16-13/h3-6,8,12H,1-2H3,(H,17,18)/t12-/m0/s1. The van der Waals surface area contributed by atoms with E-state index < -0.39 is 6.04 Å². The summed E-state index contributed by atoms with van der Waals surface area (Å²) in [4.78, 5) is 16.1. The van der Waals surface area contributed by atoms with Crippen molar-refractivity contribution < 1.29 is 4.79 Å². The Morgan fingerprint density at radius 1 is 1.42 bits per heavy atom. The van der Waals surface area contributed by atoms with Crippen LogP contribution in [0.2, 0.25) is 0 Å². The number of carbonyl (C=O) groups excluding carboxylic acids is 1. The first-order valence-corrected chi connectivity index (χ1v) is 6.68. The molecule has 19 heavy (non-hydrogen) atoms. The Morgan fingerprint density at radius 2 is 2.16 bits per heavy atom. The topological polar surface area (TPSA) is 65.8 Å². The highest BCUT2D eigenvalue weighted by Gasteiger charge is 2.18. The van der Waals surface area contributed by atoms with Gasteiger partial charge in [-0.05, 0) is 25.0 Å². The molecule has 0 aliphatic heterocycles. The van der Waals surface area contributed by atoms with E-state index in [0.29, 0.717) is 5.69 Å². The Hall–Kier alpha value is -2.19. The van der Waals surface area contributed by atoms with Gasteiger partial charge < -0.3 is 5.32 Å². The quantitative estimate of drug-likeness (QED) is 0.933. The lowest BCUT2D eigenvalue weighted by Crippen LogP contribution is -2.28. The number of hydrogen-bond donors (Lipinski definition) is 1. The van der Waals surface area contributed by atoms with Gasteiger partial charge in [-0.25, -0.2) is 4.98 Å². The molecule has 1 aromatic heterocycles. The lowest BCUT2D eigenvalue weighted by atomic mass is 10.0. The third-order valence-corrected chi connectivity index (χ3v) is 3.53. The molecule has 0 fully saturated rings. The first-order valence-electron chi connectivity index (χ1n) is 5.80. The molecule has 1 N–H and O–H groups in total. The summed E-state index contributed by atoms with van der Waals surface area (Å²) in [5, 5.41) is 14.4. The van der Waals surface area contributed by atoms with Crippen molar-refractivity contribution in [2.45, 2.75) is 19.9 Å². The van der Waals surface area contributed by atoms with Crippen LogP contribution in [0.5, 0.6) is 0 Å². The van der Waals surface area contributed by atoms with Crippen molar-refractivity contribution in [3.05, 3.63) is 51.5 Å². The number of benzene rings is 1. The molecular formula is C14H13N3OS. The molecule has 1 heterocycles. The van der Waals surface area contributed by atoms with E-state index in [4.69, 9.17) is 0 Å². The van der Waals surface area contributed by atoms with Gasteiger partial charge in [0.25, 0.3) is 5.91 Å². The molecule has 0 aliphatic carbocycles. The van der Waals surface area contributed by atoms with Gasteiger partial charge in [-0.1, -0.05) is 24.3 Å². The fraction of sp³-hybridized carbons (Fsp3) is 0.214. The number of amides is 1. The van der Waals surface area contributed by atoms with Crippen molar-refractivity contribution in [1.29, 1.82) is 5.26 Å². The van der Waals surface area contributed by atoms with Crippen molar-refractivity contribution in [2.24, 2.45) is 0 Å². The highest BCUT2D eigenvalue weighted by Crippen LogP contribution is 2.17. The molecule has 4 nitrogen and oxygen atoms in total. The van der Waals surface area contributed by atoms with Crippen molar-refractivity contribution in [3.63, 3.8) is 0 Å². The monoisotopic (exact) mass is 271 g/mol. The fourth-order valence-corrected chi connectivity index (χ4v) is 2.36. The predicted molar refractivity (Wildman–Crippen MR) is 73.9 cm³/mol. The first-order chi connectivity index (χ1) is 9.11. The van der Waals surface area contributed by atoms with Crippen LogP contribution in [0, 0.1) is 25.2 Å². The number of carbonyl (C=O) groups is 1. The van der Waals surface area contributed by atoms with Gasteiger partial charge in [0.1, 0.15) is 11.7 Å². The molecule has 2 aromatic rings. The molecule has 96 valence electrons. The summed E-state index contributed by atoms with van der Waals surface area (Å²) in [5.41, 5.74) is 2.14. The summed E-state index contributed by atoms with van der Waals surface area (Å²) >= 11 is 1.41. The molecule has 0 saturated carbocycles. The van der Waals surface area contributed by atoms with Gasteiger partial charge in [-0.2, -0.15) is 5.26 Å². The first kappa shape index (κ1) is 13.2. The second-order valence-corrected chi connectivity index (χ2v) is 5.21. The van der Waals surface area contributed by atoms with Crippen LogP contribution in [0.3, 0.4) is 0 Å². The van der Waals surface area contributed by atoms with Gasteiger partial charge in [0.15, 0.2) is 0 Å². The van der Waals surface area contributed by atoms with E-state index in [1.807, 2.05) is 38.1 Å². The molecule has 0 spiro atoms. The molecular weight excluding hydrogens is 258 g/mol. The molecule has 0 bridgehead atoms. The lowest BCUT2D eigenvalue weighted by Gasteiger charge is -2.13. The van der Waals surface area contributed by atoms with Crippen LogP contribution in [0.25, 0.3) is 0 Å². The summed E-state index contributed by atoms with van der Waals surface area (Å²) in [5.74, 6) is -0.320. The van der Waals surface area contributed by atoms with Crippen LogP contribution >= 0.6 is 11.3 Å². The molecule has 0 unspecified atom stereocenters. The number of nitriles is 1. The minimum absolute atomic E-state index is 0.320. The minimum atomic E-state index is -0.657. The Kier molecular flexibility index (Phi) is 3.93. The van der Waals surface area contributed by atoms with Crippen molar-refractivity contribution in [3.8, 4) is 6.07 Å². The molecule has 0 saturated heterocycles. The van der Waals surface area contributed by atoms with Crippen LogP contribution in [0.4, 0.5) is 0 Å². The molecule has 0 radical (unpaired) electrons. The molecule has 5 heteroatoms. The zero-order chi connectivity index (χ0) is 13.8. The van der Waals surface area contributed by atoms with E-state index >= 15 is 0 Å². The summed E-state index contributed by atoms with van der Waals surface area (Å²) in [7, 11) is 0. The predicted octanol–water partition coefficient (Wildman–Crippen LogP) is 2.75. The van der Waals surface area contributed by atoms with E-state index in [1.165, 1.54) is 11.3 Å². The van der Waals surface area contributed by atoms with Gasteiger partial charge in [0.2, 0.25) is 0 Å². The van der Waals surface area contributed by atoms with Gasteiger partial charge in [0.05, 0.1) is 11.1 Å². The zero-order valence-corrected chi connectivity index (χ0v) is 11.5. The maximum atomic E-state index is 12.0. The smallest absolute Gasteiger partial charge is 0.272 e. The number of aromatic nitrogens is 1. The van der Waals surface area contributed by atoms with E-state index in [9.17, 15) is 10.1 Å². The van der Waals surface area contributed by atoms with Gasteiger partial charge in [-0.3, -0.25) is 4.79 Å². The van der Waals surface area contributed by atoms with Gasteiger partial charge in [-0.15, -0.1) is 11.3 Å². The summed E-state index contributed by atoms with van der Waals surface area (Å²) in [6, 6.07) is 8.97. The average Bonchev–Trinajstić information content (AvgIpc) is 2.83. The second kappa shape index (κ2) is 5.63. The van der Waals surface area contributed by atoms with Crippen molar-refractivity contribution >= 4 is 17.2 Å². The van der Waals surface area contributed by atoms with E-state index in [0.717, 1.165) is 16.1 Å². The van der Waals surface area contributed by atoms with Crippen LogP contribution in [0.15, 0.2) is 29.6 Å². The Labute approximate surface area is 115 Å². The summed E-state index contributed by atoms with van der Waals surface area (Å²) in [6.07, 6.45) is 0. The van der Waals surface area contributed by atoms with Crippen LogP contribution < -0.4 is 5.32 Å². The van der Waals surface area contributed by atoms with Gasteiger partial charge >= 0.3 is 0 Å². The Bertz CT molecular complexity index is 642. The maximum Gasteiger partial charge on any atom is 0.272 e. The normalized spacial score (nSPS) is 11.6. The number of nitrogens with one attached hydrogen (secondary N) is 1. The minimum Gasteiger partial charge on any atom is -0.331 e. The fourth-order valence-electron chi connectivity index (χ4n) is 1.76. The van der Waals surface area contributed by atoms with E-state index in [2.05, 4.69) is 16.4 Å². The summed E-state index contributed by atoms with van der Waals surface area (Å²) in [6.45, 7) is 3.75. The van der Waals surface area contributed by atoms with Crippen molar-refractivity contribution in [1.82, 2.24) is 10.3 Å². The second-order valence-electron chi connectivity index (χ2n) is 4.14. The van der Waals surface area contributed by atoms with E-state index in [1.54, 1.807) is 5.38 Å². The Balaban J connectivity index is 2.19. The number of hydrogen-bond acceptors (Lipinski definition) is 4. The number of aryl methyl sites for hydroxylation is 2. The average molecular weight is 271 g/mol. The van der Waals surface area contributed by atoms with Crippen LogP contribution in [-0.4, -0.2) is 10.9 Å². The molecule has 1 amide bonds. The highest BCUT2D eigenvalue weighted by molar-refractivity contribution is 7.09. The van der Waals surface area contributed by atoms with Crippen molar-refractivity contribution in [2.75, 3.05) is 0 Å². The SMILES string of the molecule is Cc1nc(C(=O)N[C@@H](C#N)c2ccccc2C)cs1. The Morgan fingerprint density at radius 3 is 2.74 bits per heavy atom.